The van der Waals surface area contributed by atoms with Crippen molar-refractivity contribution in [2.45, 2.75) is 38.0 Å². The number of hydrogen-bond acceptors (Lipinski definition) is 3. The number of hydrogen-bond donors (Lipinski definition) is 0. The number of benzene rings is 4. The third-order valence-corrected chi connectivity index (χ3v) is 8.32. The van der Waals surface area contributed by atoms with Gasteiger partial charge in [-0.2, -0.15) is 0 Å². The van der Waals surface area contributed by atoms with Gasteiger partial charge < -0.3 is 9.64 Å². The molecular weight excluding hydrogens is 476 g/mol. The van der Waals surface area contributed by atoms with Crippen LogP contribution in [0.15, 0.2) is 126 Å². The van der Waals surface area contributed by atoms with Gasteiger partial charge in [-0.25, -0.2) is 0 Å². The van der Waals surface area contributed by atoms with Gasteiger partial charge in [0, 0.05) is 35.5 Å². The third-order valence-electron chi connectivity index (χ3n) is 8.32. The SMILES string of the molecule is CC1=C(c2ccccc2)N(C)C(c2cccc3cc4c(cc23)OC2C=CC=CC42)N=C(c2ccccc2)CC1. The average molecular weight is 509 g/mol. The third kappa shape index (κ3) is 4.19. The summed E-state index contributed by atoms with van der Waals surface area (Å²) in [4.78, 5) is 7.90. The highest BCUT2D eigenvalue weighted by Gasteiger charge is 2.33. The molecule has 192 valence electrons. The summed E-state index contributed by atoms with van der Waals surface area (Å²) in [6.07, 6.45) is 10.4. The van der Waals surface area contributed by atoms with Crippen LogP contribution in [0.4, 0.5) is 0 Å². The van der Waals surface area contributed by atoms with E-state index in [0.717, 1.165) is 24.3 Å². The maximum atomic E-state index is 6.43. The van der Waals surface area contributed by atoms with Gasteiger partial charge in [0.1, 0.15) is 18.0 Å². The van der Waals surface area contributed by atoms with Crippen LogP contribution in [-0.4, -0.2) is 23.8 Å². The zero-order chi connectivity index (χ0) is 26.3. The van der Waals surface area contributed by atoms with E-state index in [1.54, 1.807) is 0 Å². The summed E-state index contributed by atoms with van der Waals surface area (Å²) in [7, 11) is 2.20. The van der Waals surface area contributed by atoms with E-state index in [2.05, 4.69) is 134 Å². The lowest BCUT2D eigenvalue weighted by Crippen LogP contribution is -2.26. The van der Waals surface area contributed by atoms with Crippen molar-refractivity contribution in [3.05, 3.63) is 143 Å². The van der Waals surface area contributed by atoms with Gasteiger partial charge in [-0.3, -0.25) is 4.99 Å². The van der Waals surface area contributed by atoms with E-state index in [9.17, 15) is 0 Å². The second kappa shape index (κ2) is 9.74. The van der Waals surface area contributed by atoms with Gasteiger partial charge in [-0.1, -0.05) is 97.1 Å². The molecule has 3 unspecified atom stereocenters. The van der Waals surface area contributed by atoms with Gasteiger partial charge >= 0.3 is 0 Å². The number of allylic oxidation sites excluding steroid dienone is 3. The summed E-state index contributed by atoms with van der Waals surface area (Å²) in [5.41, 5.74) is 8.67. The van der Waals surface area contributed by atoms with E-state index in [1.807, 2.05) is 0 Å². The minimum absolute atomic E-state index is 0.0762. The maximum absolute atomic E-state index is 6.43. The van der Waals surface area contributed by atoms with Crippen LogP contribution in [0, 0.1) is 0 Å². The Labute approximate surface area is 230 Å². The molecule has 0 spiro atoms. The predicted molar refractivity (Wildman–Crippen MR) is 161 cm³/mol. The Morgan fingerprint density at radius 2 is 1.51 bits per heavy atom. The summed E-state index contributed by atoms with van der Waals surface area (Å²) < 4.78 is 6.43. The molecular formula is C36H32N2O. The molecule has 0 aromatic heterocycles. The highest BCUT2D eigenvalue weighted by molar-refractivity contribution is 6.01. The van der Waals surface area contributed by atoms with Crippen LogP contribution in [0.2, 0.25) is 0 Å². The van der Waals surface area contributed by atoms with Crippen LogP contribution >= 0.6 is 0 Å². The van der Waals surface area contributed by atoms with Crippen LogP contribution in [0.1, 0.15) is 54.1 Å². The Bertz CT molecular complexity index is 1660. The fraction of sp³-hybridized carbons (Fsp3) is 0.194. The highest BCUT2D eigenvalue weighted by Crippen LogP contribution is 2.45. The van der Waals surface area contributed by atoms with Crippen molar-refractivity contribution in [1.82, 2.24) is 4.90 Å². The molecule has 4 aromatic carbocycles. The topological polar surface area (TPSA) is 24.8 Å². The summed E-state index contributed by atoms with van der Waals surface area (Å²) >= 11 is 0. The van der Waals surface area contributed by atoms with Gasteiger partial charge in [-0.15, -0.1) is 0 Å². The molecule has 39 heavy (non-hydrogen) atoms. The lowest BCUT2D eigenvalue weighted by molar-refractivity contribution is 0.269. The zero-order valence-electron chi connectivity index (χ0n) is 22.4. The molecule has 0 bridgehead atoms. The van der Waals surface area contributed by atoms with Crippen molar-refractivity contribution < 1.29 is 4.74 Å². The first-order chi connectivity index (χ1) is 19.2. The van der Waals surface area contributed by atoms with Crippen molar-refractivity contribution in [3.8, 4) is 5.75 Å². The summed E-state index contributed by atoms with van der Waals surface area (Å²) in [5, 5.41) is 2.42. The summed E-state index contributed by atoms with van der Waals surface area (Å²) in [5.74, 6) is 1.26. The van der Waals surface area contributed by atoms with Crippen LogP contribution < -0.4 is 4.74 Å². The Morgan fingerprint density at radius 1 is 0.769 bits per heavy atom. The molecule has 2 heterocycles. The Morgan fingerprint density at radius 3 is 2.31 bits per heavy atom. The molecule has 3 atom stereocenters. The van der Waals surface area contributed by atoms with Gasteiger partial charge in [0.15, 0.2) is 0 Å². The Hall–Kier alpha value is -4.37. The number of aliphatic imine (C=N–C) groups is 1. The summed E-state index contributed by atoms with van der Waals surface area (Å²) in [6.45, 7) is 2.27. The normalized spacial score (nSPS) is 22.2. The lowest BCUT2D eigenvalue weighted by Gasteiger charge is -2.34. The lowest BCUT2D eigenvalue weighted by atomic mass is 9.89. The number of fused-ring (bicyclic) bond motifs is 4. The number of rotatable bonds is 3. The van der Waals surface area contributed by atoms with Crippen molar-refractivity contribution in [2.75, 3.05) is 7.05 Å². The van der Waals surface area contributed by atoms with E-state index in [1.165, 1.54) is 44.3 Å². The first-order valence-electron chi connectivity index (χ1n) is 13.9. The van der Waals surface area contributed by atoms with Crippen molar-refractivity contribution in [2.24, 2.45) is 4.99 Å². The molecule has 0 saturated heterocycles. The van der Waals surface area contributed by atoms with E-state index in [-0.39, 0.29) is 18.2 Å². The predicted octanol–water partition coefficient (Wildman–Crippen LogP) is 8.46. The fourth-order valence-corrected chi connectivity index (χ4v) is 6.38. The van der Waals surface area contributed by atoms with Crippen LogP contribution in [0.3, 0.4) is 0 Å². The largest absolute Gasteiger partial charge is 0.485 e. The molecule has 1 aliphatic carbocycles. The highest BCUT2D eigenvalue weighted by atomic mass is 16.5. The molecule has 2 aliphatic heterocycles. The van der Waals surface area contributed by atoms with Gasteiger partial charge in [0.25, 0.3) is 0 Å². The first-order valence-corrected chi connectivity index (χ1v) is 13.9. The van der Waals surface area contributed by atoms with Crippen LogP contribution in [-0.2, 0) is 0 Å². The van der Waals surface area contributed by atoms with E-state index in [0.29, 0.717) is 0 Å². The van der Waals surface area contributed by atoms with E-state index in [4.69, 9.17) is 9.73 Å². The zero-order valence-corrected chi connectivity index (χ0v) is 22.4. The standard InChI is InChI=1S/C36H32N2O/c1-24-20-21-32(25-12-5-3-6-13-25)37-36(38(2)35(24)26-14-7-4-8-15-26)29-18-11-16-27-22-31-28-17-9-10-19-33(28)39-34(31)23-30(27)29/h3-19,22-23,28,33,36H,20-21H2,1-2H3. The van der Waals surface area contributed by atoms with Crippen molar-refractivity contribution >= 4 is 22.2 Å². The minimum atomic E-state index is -0.184. The van der Waals surface area contributed by atoms with Gasteiger partial charge in [0.05, 0.1) is 0 Å². The quantitative estimate of drug-likeness (QED) is 0.277. The van der Waals surface area contributed by atoms with Crippen molar-refractivity contribution in [3.63, 3.8) is 0 Å². The van der Waals surface area contributed by atoms with E-state index >= 15 is 0 Å². The molecule has 3 aliphatic rings. The second-order valence-electron chi connectivity index (χ2n) is 10.8. The monoisotopic (exact) mass is 508 g/mol. The van der Waals surface area contributed by atoms with Crippen molar-refractivity contribution in [1.29, 1.82) is 0 Å². The molecule has 0 amide bonds. The molecule has 4 aromatic rings. The first kappa shape index (κ1) is 23.7. The number of ether oxygens (including phenoxy) is 1. The molecule has 0 fully saturated rings. The smallest absolute Gasteiger partial charge is 0.147 e. The van der Waals surface area contributed by atoms with Crippen LogP contribution in [0.5, 0.6) is 5.75 Å². The average Bonchev–Trinajstić information content (AvgIpc) is 3.34. The number of nitrogens with zero attached hydrogens (tertiary/aromatic N) is 2. The second-order valence-corrected chi connectivity index (χ2v) is 10.8. The molecule has 7 rings (SSSR count). The Balaban J connectivity index is 1.41. The maximum Gasteiger partial charge on any atom is 0.147 e. The minimum Gasteiger partial charge on any atom is -0.485 e. The molecule has 0 radical (unpaired) electrons. The molecule has 3 heteroatoms. The molecule has 3 nitrogen and oxygen atoms in total. The molecule has 0 saturated carbocycles. The fourth-order valence-electron chi connectivity index (χ4n) is 6.38. The van der Waals surface area contributed by atoms with Gasteiger partial charge in [0.2, 0.25) is 0 Å². The Kier molecular flexibility index (Phi) is 5.93. The summed E-state index contributed by atoms with van der Waals surface area (Å²) in [6, 6.07) is 32.6. The van der Waals surface area contributed by atoms with Crippen LogP contribution in [0.25, 0.3) is 16.5 Å². The van der Waals surface area contributed by atoms with E-state index < -0.39 is 0 Å². The van der Waals surface area contributed by atoms with Gasteiger partial charge in [-0.05, 0) is 65.4 Å². The molecule has 0 N–H and O–H groups in total.